The Bertz CT molecular complexity index is 250. The van der Waals surface area contributed by atoms with Crippen LogP contribution >= 0.6 is 0 Å². The van der Waals surface area contributed by atoms with Gasteiger partial charge in [-0.1, -0.05) is 13.3 Å². The summed E-state index contributed by atoms with van der Waals surface area (Å²) >= 11 is 0. The molecule has 2 atom stereocenters. The van der Waals surface area contributed by atoms with Gasteiger partial charge in [-0.15, -0.1) is 0 Å². The molecule has 0 aromatic heterocycles. The fourth-order valence-electron chi connectivity index (χ4n) is 1.62. The highest BCUT2D eigenvalue weighted by Crippen LogP contribution is 2.08. The van der Waals surface area contributed by atoms with Gasteiger partial charge < -0.3 is 10.4 Å². The molecule has 5 heteroatoms. The Balaban J connectivity index is 2.36. The third-order valence-corrected chi connectivity index (χ3v) is 4.13. The molecule has 0 saturated carbocycles. The highest BCUT2D eigenvalue weighted by atomic mass is 32.2. The van der Waals surface area contributed by atoms with Gasteiger partial charge >= 0.3 is 0 Å². The van der Waals surface area contributed by atoms with E-state index >= 15 is 0 Å². The van der Waals surface area contributed by atoms with Crippen LogP contribution in [0.15, 0.2) is 0 Å². The van der Waals surface area contributed by atoms with Crippen molar-refractivity contribution in [2.24, 2.45) is 0 Å². The van der Waals surface area contributed by atoms with E-state index in [1.54, 1.807) is 0 Å². The molecule has 0 aliphatic carbocycles. The summed E-state index contributed by atoms with van der Waals surface area (Å²) in [4.78, 5) is 0. The zero-order valence-electron chi connectivity index (χ0n) is 7.94. The lowest BCUT2D eigenvalue weighted by Crippen LogP contribution is -2.92. The number of unbranched alkanes of at least 4 members (excludes halogenated alkanes) is 1. The van der Waals surface area contributed by atoms with E-state index in [0.717, 1.165) is 19.4 Å². The summed E-state index contributed by atoms with van der Waals surface area (Å²) in [6.07, 6.45) is 1.51. The molecule has 0 bridgehead atoms. The smallest absolute Gasteiger partial charge is 0.159 e. The molecule has 4 nitrogen and oxygen atoms in total. The monoisotopic (exact) mass is 208 g/mol. The van der Waals surface area contributed by atoms with Crippen molar-refractivity contribution in [3.05, 3.63) is 0 Å². The van der Waals surface area contributed by atoms with Crippen LogP contribution in [0, 0.1) is 0 Å². The van der Waals surface area contributed by atoms with Crippen LogP contribution in [0.3, 0.4) is 0 Å². The van der Waals surface area contributed by atoms with Gasteiger partial charge in [0.05, 0.1) is 12.3 Å². The summed E-state index contributed by atoms with van der Waals surface area (Å²) in [6.45, 7) is 3.00. The SMILES string of the molecule is CCCC[NH2+][C@@H]1CS(=O)(=O)C[C@@H]1O. The Morgan fingerprint density at radius 3 is 2.62 bits per heavy atom. The molecule has 1 saturated heterocycles. The maximum Gasteiger partial charge on any atom is 0.159 e. The first-order valence-electron chi connectivity index (χ1n) is 4.77. The Morgan fingerprint density at radius 2 is 2.15 bits per heavy atom. The molecule has 1 rings (SSSR count). The van der Waals surface area contributed by atoms with Crippen molar-refractivity contribution >= 4 is 9.84 Å². The molecule has 0 unspecified atom stereocenters. The maximum absolute atomic E-state index is 11.1. The minimum atomic E-state index is -2.96. The molecule has 0 amide bonds. The summed E-state index contributed by atoms with van der Waals surface area (Å²) < 4.78 is 22.2. The van der Waals surface area contributed by atoms with Gasteiger partial charge in [0.25, 0.3) is 0 Å². The van der Waals surface area contributed by atoms with E-state index in [0.29, 0.717) is 0 Å². The largest absolute Gasteiger partial charge is 0.386 e. The second-order valence-corrected chi connectivity index (χ2v) is 5.84. The highest BCUT2D eigenvalue weighted by Gasteiger charge is 2.38. The molecule has 0 spiro atoms. The highest BCUT2D eigenvalue weighted by molar-refractivity contribution is 7.91. The molecule has 0 aromatic rings. The van der Waals surface area contributed by atoms with Gasteiger partial charge in [0.2, 0.25) is 0 Å². The predicted octanol–water partition coefficient (Wildman–Crippen LogP) is -1.49. The zero-order valence-corrected chi connectivity index (χ0v) is 8.76. The molecule has 1 aliphatic heterocycles. The van der Waals surface area contributed by atoms with Gasteiger partial charge in [0, 0.05) is 0 Å². The number of hydrogen-bond donors (Lipinski definition) is 2. The van der Waals surface area contributed by atoms with Crippen LogP contribution in [-0.4, -0.2) is 43.7 Å². The number of aliphatic hydroxyl groups excluding tert-OH is 1. The molecule has 3 N–H and O–H groups in total. The van der Waals surface area contributed by atoms with E-state index in [9.17, 15) is 13.5 Å². The lowest BCUT2D eigenvalue weighted by Gasteiger charge is -2.10. The third kappa shape index (κ3) is 3.25. The van der Waals surface area contributed by atoms with Crippen molar-refractivity contribution in [3.8, 4) is 0 Å². The lowest BCUT2D eigenvalue weighted by atomic mass is 10.2. The van der Waals surface area contributed by atoms with Crippen molar-refractivity contribution < 1.29 is 18.8 Å². The first-order chi connectivity index (χ1) is 6.05. The van der Waals surface area contributed by atoms with Crippen LogP contribution in [0.1, 0.15) is 19.8 Å². The summed E-state index contributed by atoms with van der Waals surface area (Å²) in [6, 6.07) is -0.128. The Morgan fingerprint density at radius 1 is 1.46 bits per heavy atom. The van der Waals surface area contributed by atoms with Gasteiger partial charge in [-0.05, 0) is 6.42 Å². The van der Waals surface area contributed by atoms with Gasteiger partial charge in [0.15, 0.2) is 9.84 Å². The number of sulfone groups is 1. The van der Waals surface area contributed by atoms with E-state index in [4.69, 9.17) is 0 Å². The van der Waals surface area contributed by atoms with Crippen LogP contribution < -0.4 is 5.32 Å². The number of rotatable bonds is 4. The molecular formula is C8H18NO3S+. The molecule has 0 radical (unpaired) electrons. The zero-order chi connectivity index (χ0) is 9.90. The quantitative estimate of drug-likeness (QED) is 0.553. The summed E-state index contributed by atoms with van der Waals surface area (Å²) in [5.74, 6) is 0.0815. The molecule has 13 heavy (non-hydrogen) atoms. The number of aliphatic hydroxyl groups is 1. The molecule has 1 fully saturated rings. The number of quaternary nitrogens is 1. The molecule has 78 valence electrons. The van der Waals surface area contributed by atoms with E-state index in [1.807, 2.05) is 5.32 Å². The molecule has 1 heterocycles. The maximum atomic E-state index is 11.1. The van der Waals surface area contributed by atoms with Crippen molar-refractivity contribution in [2.75, 3.05) is 18.1 Å². The second kappa shape index (κ2) is 4.39. The topological polar surface area (TPSA) is 71.0 Å². The third-order valence-electron chi connectivity index (χ3n) is 2.39. The van der Waals surface area contributed by atoms with Gasteiger partial charge in [-0.3, -0.25) is 0 Å². The fourth-order valence-corrected chi connectivity index (χ4v) is 3.47. The van der Waals surface area contributed by atoms with Crippen LogP contribution in [0.4, 0.5) is 0 Å². The molecule has 0 aromatic carbocycles. The van der Waals surface area contributed by atoms with Crippen LogP contribution in [-0.2, 0) is 9.84 Å². The standard InChI is InChI=1S/C8H17NO3S/c1-2-3-4-9-7-5-13(11,12)6-8(7)10/h7-10H,2-6H2,1H3/p+1/t7-,8+/m1/s1. The fraction of sp³-hybridized carbons (Fsp3) is 1.00. The summed E-state index contributed by atoms with van der Waals surface area (Å²) in [7, 11) is -2.96. The molecule has 1 aliphatic rings. The molecular weight excluding hydrogens is 190 g/mol. The minimum absolute atomic E-state index is 0.0553. The van der Waals surface area contributed by atoms with Crippen molar-refractivity contribution in [3.63, 3.8) is 0 Å². The Kier molecular flexibility index (Phi) is 3.70. The number of nitrogens with two attached hydrogens (primary N) is 1. The van der Waals surface area contributed by atoms with Gasteiger partial charge in [-0.25, -0.2) is 8.42 Å². The van der Waals surface area contributed by atoms with Crippen LogP contribution in [0.25, 0.3) is 0 Å². The van der Waals surface area contributed by atoms with Gasteiger partial charge in [0.1, 0.15) is 17.9 Å². The summed E-state index contributed by atoms with van der Waals surface area (Å²) in [5.41, 5.74) is 0. The van der Waals surface area contributed by atoms with E-state index < -0.39 is 15.9 Å². The van der Waals surface area contributed by atoms with Crippen LogP contribution in [0.5, 0.6) is 0 Å². The van der Waals surface area contributed by atoms with E-state index in [1.165, 1.54) is 0 Å². The van der Waals surface area contributed by atoms with E-state index in [2.05, 4.69) is 6.92 Å². The van der Waals surface area contributed by atoms with Crippen molar-refractivity contribution in [1.82, 2.24) is 0 Å². The van der Waals surface area contributed by atoms with Crippen molar-refractivity contribution in [1.29, 1.82) is 0 Å². The summed E-state index contributed by atoms with van der Waals surface area (Å²) in [5, 5.41) is 11.4. The Hall–Kier alpha value is -0.130. The first kappa shape index (κ1) is 10.9. The second-order valence-electron chi connectivity index (χ2n) is 3.69. The average molecular weight is 208 g/mol. The predicted molar refractivity (Wildman–Crippen MR) is 50.1 cm³/mol. The minimum Gasteiger partial charge on any atom is -0.386 e. The van der Waals surface area contributed by atoms with Crippen LogP contribution in [0.2, 0.25) is 0 Å². The normalized spacial score (nSPS) is 32.2. The van der Waals surface area contributed by atoms with Crippen molar-refractivity contribution in [2.45, 2.75) is 31.9 Å². The average Bonchev–Trinajstić information content (AvgIpc) is 2.25. The number of hydrogen-bond acceptors (Lipinski definition) is 3. The Labute approximate surface area is 79.3 Å². The van der Waals surface area contributed by atoms with E-state index in [-0.39, 0.29) is 17.5 Å². The first-order valence-corrected chi connectivity index (χ1v) is 6.59. The van der Waals surface area contributed by atoms with Gasteiger partial charge in [-0.2, -0.15) is 0 Å². The lowest BCUT2D eigenvalue weighted by molar-refractivity contribution is -0.690.